The van der Waals surface area contributed by atoms with E-state index in [9.17, 15) is 9.59 Å². The minimum Gasteiger partial charge on any atom is -0.378 e. The Morgan fingerprint density at radius 1 is 1.10 bits per heavy atom. The van der Waals surface area contributed by atoms with E-state index in [2.05, 4.69) is 27.3 Å². The van der Waals surface area contributed by atoms with Gasteiger partial charge < -0.3 is 15.0 Å². The highest BCUT2D eigenvalue weighted by Crippen LogP contribution is 2.27. The van der Waals surface area contributed by atoms with Crippen LogP contribution in [0.1, 0.15) is 41.8 Å². The monoisotopic (exact) mass is 432 g/mol. The molecule has 2 amide bonds. The van der Waals surface area contributed by atoms with E-state index in [1.807, 2.05) is 12.1 Å². The van der Waals surface area contributed by atoms with Crippen molar-refractivity contribution >= 4 is 28.8 Å². The van der Waals surface area contributed by atoms with Gasteiger partial charge in [-0.2, -0.15) is 0 Å². The summed E-state index contributed by atoms with van der Waals surface area (Å²) in [5, 5.41) is 12.2. The van der Waals surface area contributed by atoms with Gasteiger partial charge in [-0.15, -0.1) is 11.3 Å². The van der Waals surface area contributed by atoms with Crippen molar-refractivity contribution < 1.29 is 19.5 Å². The molecule has 0 aliphatic carbocycles. The number of thiazole rings is 1. The van der Waals surface area contributed by atoms with E-state index in [4.69, 9.17) is 9.94 Å². The minimum atomic E-state index is -0.361. The van der Waals surface area contributed by atoms with Gasteiger partial charge >= 0.3 is 0 Å². The molecule has 0 radical (unpaired) electrons. The van der Waals surface area contributed by atoms with Gasteiger partial charge in [0.25, 0.3) is 5.91 Å². The van der Waals surface area contributed by atoms with Crippen LogP contribution in [0.25, 0.3) is 10.6 Å². The summed E-state index contributed by atoms with van der Waals surface area (Å²) < 4.78 is 5.39. The summed E-state index contributed by atoms with van der Waals surface area (Å²) in [6.07, 6.45) is 5.32. The fourth-order valence-electron chi connectivity index (χ4n) is 3.26. The zero-order valence-electron chi connectivity index (χ0n) is 16.9. The van der Waals surface area contributed by atoms with Crippen LogP contribution in [0.4, 0.5) is 5.69 Å². The summed E-state index contributed by atoms with van der Waals surface area (Å²) in [5.41, 5.74) is 3.80. The Morgan fingerprint density at radius 3 is 2.57 bits per heavy atom. The van der Waals surface area contributed by atoms with Crippen molar-refractivity contribution in [3.05, 3.63) is 35.3 Å². The predicted molar refractivity (Wildman–Crippen MR) is 116 cm³/mol. The third-order valence-corrected chi connectivity index (χ3v) is 6.01. The van der Waals surface area contributed by atoms with E-state index in [0.717, 1.165) is 62.6 Å². The number of carbonyl (C=O) groups is 2. The van der Waals surface area contributed by atoms with Gasteiger partial charge in [-0.3, -0.25) is 14.8 Å². The van der Waals surface area contributed by atoms with Crippen LogP contribution in [0.3, 0.4) is 0 Å². The van der Waals surface area contributed by atoms with Crippen LogP contribution in [0, 0.1) is 0 Å². The minimum absolute atomic E-state index is 0.108. The highest BCUT2D eigenvalue weighted by Gasteiger charge is 2.13. The normalized spacial score (nSPS) is 13.8. The summed E-state index contributed by atoms with van der Waals surface area (Å²) in [6.45, 7) is 3.91. The van der Waals surface area contributed by atoms with Gasteiger partial charge in [-0.25, -0.2) is 10.5 Å². The molecule has 0 saturated carbocycles. The number of ether oxygens (including phenoxy) is 1. The van der Waals surface area contributed by atoms with E-state index in [0.29, 0.717) is 17.8 Å². The van der Waals surface area contributed by atoms with Crippen molar-refractivity contribution in [3.63, 3.8) is 0 Å². The topological polar surface area (TPSA) is 104 Å². The number of morpholine rings is 1. The maximum atomic E-state index is 12.3. The van der Waals surface area contributed by atoms with Crippen molar-refractivity contribution in [2.24, 2.45) is 0 Å². The van der Waals surface area contributed by atoms with Crippen LogP contribution in [-0.2, 0) is 9.53 Å². The van der Waals surface area contributed by atoms with E-state index in [1.165, 1.54) is 17.0 Å². The summed E-state index contributed by atoms with van der Waals surface area (Å²) >= 11 is 1.39. The van der Waals surface area contributed by atoms with Gasteiger partial charge in [-0.05, 0) is 37.1 Å². The third-order valence-electron chi connectivity index (χ3n) is 4.96. The number of hydrogen-bond donors (Lipinski definition) is 3. The van der Waals surface area contributed by atoms with Gasteiger partial charge in [0.05, 0.1) is 19.4 Å². The number of rotatable bonds is 10. The zero-order chi connectivity index (χ0) is 21.2. The Bertz CT molecular complexity index is 819. The number of hydroxylamine groups is 1. The number of unbranched alkanes of at least 4 members (excludes halogenated alkanes) is 3. The Morgan fingerprint density at radius 2 is 1.83 bits per heavy atom. The molecule has 2 aromatic rings. The van der Waals surface area contributed by atoms with E-state index in [-0.39, 0.29) is 11.8 Å². The smallest absolute Gasteiger partial charge is 0.263 e. The molecule has 0 atom stereocenters. The molecule has 1 aromatic carbocycles. The molecule has 1 aliphatic rings. The lowest BCUT2D eigenvalue weighted by atomic mass is 10.1. The molecule has 0 spiro atoms. The molecule has 3 rings (SSSR count). The second-order valence-corrected chi connectivity index (χ2v) is 8.16. The van der Waals surface area contributed by atoms with Crippen molar-refractivity contribution in [3.8, 4) is 10.6 Å². The number of nitrogens with zero attached hydrogens (tertiary/aromatic N) is 2. The first kappa shape index (κ1) is 22.2. The zero-order valence-corrected chi connectivity index (χ0v) is 17.7. The summed E-state index contributed by atoms with van der Waals surface area (Å²) in [7, 11) is 0. The highest BCUT2D eigenvalue weighted by molar-refractivity contribution is 7.16. The fraction of sp³-hybridized carbons (Fsp3) is 0.476. The van der Waals surface area contributed by atoms with Crippen molar-refractivity contribution in [1.29, 1.82) is 0 Å². The number of anilines is 1. The van der Waals surface area contributed by atoms with Crippen molar-refractivity contribution in [1.82, 2.24) is 15.8 Å². The molecule has 1 fully saturated rings. The first-order valence-electron chi connectivity index (χ1n) is 10.3. The molecule has 1 aliphatic heterocycles. The summed E-state index contributed by atoms with van der Waals surface area (Å²) in [4.78, 5) is 30.5. The molecule has 0 unspecified atom stereocenters. The Kier molecular flexibility index (Phi) is 8.61. The van der Waals surface area contributed by atoms with E-state index in [1.54, 1.807) is 11.7 Å². The average Bonchev–Trinajstić information content (AvgIpc) is 3.29. The lowest BCUT2D eigenvalue weighted by molar-refractivity contribution is -0.129. The van der Waals surface area contributed by atoms with Gasteiger partial charge in [0.2, 0.25) is 5.91 Å². The van der Waals surface area contributed by atoms with Crippen LogP contribution in [0.5, 0.6) is 0 Å². The number of nitrogens with one attached hydrogen (secondary N) is 2. The maximum Gasteiger partial charge on any atom is 0.263 e. The SMILES string of the molecule is O=C(CCCCCCNC(=O)c1cnc(-c2ccc(N3CCOCC3)cc2)s1)NO. The van der Waals surface area contributed by atoms with Crippen LogP contribution in [0.15, 0.2) is 30.5 Å². The summed E-state index contributed by atoms with van der Waals surface area (Å²) in [5.74, 6) is -0.469. The Labute approximate surface area is 180 Å². The van der Waals surface area contributed by atoms with Crippen LogP contribution < -0.4 is 15.7 Å². The molecule has 1 saturated heterocycles. The number of aromatic nitrogens is 1. The first-order valence-corrected chi connectivity index (χ1v) is 11.1. The molecule has 0 bridgehead atoms. The second kappa shape index (κ2) is 11.6. The Balaban J connectivity index is 1.41. The third kappa shape index (κ3) is 6.51. The quantitative estimate of drug-likeness (QED) is 0.303. The molecular weight excluding hydrogens is 404 g/mol. The average molecular weight is 433 g/mol. The molecule has 1 aromatic heterocycles. The standard InChI is InChI=1S/C21H28N4O4S/c26-19(24-28)5-3-1-2-4-10-22-20(27)18-15-23-21(30-18)16-6-8-17(9-7-16)25-11-13-29-14-12-25/h6-9,15,28H,1-5,10-14H2,(H,22,27)(H,24,26). The fourth-order valence-corrected chi connectivity index (χ4v) is 4.10. The maximum absolute atomic E-state index is 12.3. The Hall–Kier alpha value is -2.49. The highest BCUT2D eigenvalue weighted by atomic mass is 32.1. The molecule has 3 N–H and O–H groups in total. The molecule has 9 heteroatoms. The lowest BCUT2D eigenvalue weighted by Crippen LogP contribution is -2.36. The molecule has 2 heterocycles. The molecule has 8 nitrogen and oxygen atoms in total. The van der Waals surface area contributed by atoms with Crippen molar-refractivity contribution in [2.75, 3.05) is 37.7 Å². The van der Waals surface area contributed by atoms with Gasteiger partial charge in [0.15, 0.2) is 0 Å². The number of carbonyl (C=O) groups excluding carboxylic acids is 2. The van der Waals surface area contributed by atoms with Crippen LogP contribution in [-0.4, -0.2) is 54.9 Å². The molecule has 30 heavy (non-hydrogen) atoms. The predicted octanol–water partition coefficient (Wildman–Crippen LogP) is 2.83. The van der Waals surface area contributed by atoms with E-state index < -0.39 is 0 Å². The van der Waals surface area contributed by atoms with E-state index >= 15 is 0 Å². The first-order chi connectivity index (χ1) is 14.7. The van der Waals surface area contributed by atoms with Crippen LogP contribution in [0.2, 0.25) is 0 Å². The molecular formula is C21H28N4O4S. The van der Waals surface area contributed by atoms with Crippen LogP contribution >= 0.6 is 11.3 Å². The summed E-state index contributed by atoms with van der Waals surface area (Å²) in [6, 6.07) is 8.27. The van der Waals surface area contributed by atoms with Gasteiger partial charge in [0, 0.05) is 37.3 Å². The van der Waals surface area contributed by atoms with Gasteiger partial charge in [0.1, 0.15) is 9.88 Å². The number of benzene rings is 1. The van der Waals surface area contributed by atoms with Gasteiger partial charge in [-0.1, -0.05) is 12.8 Å². The largest absolute Gasteiger partial charge is 0.378 e. The van der Waals surface area contributed by atoms with Crippen molar-refractivity contribution in [2.45, 2.75) is 32.1 Å². The lowest BCUT2D eigenvalue weighted by Gasteiger charge is -2.28. The second-order valence-electron chi connectivity index (χ2n) is 7.13. The number of amides is 2. The number of hydrogen-bond acceptors (Lipinski definition) is 7. The molecule has 162 valence electrons.